The van der Waals surface area contributed by atoms with Crippen molar-refractivity contribution >= 4 is 11.6 Å². The van der Waals surface area contributed by atoms with Crippen LogP contribution in [0, 0.1) is 5.82 Å². The molecule has 1 N–H and O–H groups in total. The van der Waals surface area contributed by atoms with Crippen LogP contribution < -0.4 is 0 Å². The maximum absolute atomic E-state index is 13.7. The normalized spacial score (nSPS) is 22.4. The van der Waals surface area contributed by atoms with Crippen molar-refractivity contribution in [2.75, 3.05) is 32.7 Å². The fourth-order valence-corrected chi connectivity index (χ4v) is 3.18. The van der Waals surface area contributed by atoms with Gasteiger partial charge in [0, 0.05) is 49.4 Å². The number of aliphatic hydroxyl groups excluding tert-OH is 1. The summed E-state index contributed by atoms with van der Waals surface area (Å²) in [6.45, 7) is 8.35. The Hall–Kier alpha value is -0.680. The van der Waals surface area contributed by atoms with Crippen molar-refractivity contribution in [3.63, 3.8) is 0 Å². The summed E-state index contributed by atoms with van der Waals surface area (Å²) in [6.07, 6.45) is 0.338. The van der Waals surface area contributed by atoms with Gasteiger partial charge in [0.05, 0.1) is 6.10 Å². The summed E-state index contributed by atoms with van der Waals surface area (Å²) in [4.78, 5) is 4.64. The van der Waals surface area contributed by atoms with Gasteiger partial charge in [-0.25, -0.2) is 4.39 Å². The highest BCUT2D eigenvalue weighted by Gasteiger charge is 2.24. The fourth-order valence-electron chi connectivity index (χ4n) is 2.93. The minimum absolute atomic E-state index is 0.219. The van der Waals surface area contributed by atoms with Gasteiger partial charge < -0.3 is 10.0 Å². The molecule has 0 aliphatic carbocycles. The molecule has 21 heavy (non-hydrogen) atoms. The van der Waals surface area contributed by atoms with E-state index >= 15 is 0 Å². The van der Waals surface area contributed by atoms with Crippen molar-refractivity contribution in [1.82, 2.24) is 9.80 Å². The first-order valence-electron chi connectivity index (χ1n) is 7.54. The molecule has 0 saturated carbocycles. The largest absolute Gasteiger partial charge is 0.392 e. The Morgan fingerprint density at radius 2 is 2.19 bits per heavy atom. The number of aliphatic hydroxyl groups is 1. The average molecular weight is 315 g/mol. The van der Waals surface area contributed by atoms with Crippen molar-refractivity contribution in [3.8, 4) is 0 Å². The molecule has 0 radical (unpaired) electrons. The predicted molar refractivity (Wildman–Crippen MR) is 84.3 cm³/mol. The van der Waals surface area contributed by atoms with Gasteiger partial charge in [0.15, 0.2) is 0 Å². The van der Waals surface area contributed by atoms with Crippen molar-refractivity contribution in [2.24, 2.45) is 0 Å². The van der Waals surface area contributed by atoms with E-state index in [1.807, 2.05) is 6.92 Å². The van der Waals surface area contributed by atoms with E-state index in [4.69, 9.17) is 11.6 Å². The number of halogens is 2. The summed E-state index contributed by atoms with van der Waals surface area (Å²) in [5, 5.41) is 10.00. The van der Waals surface area contributed by atoms with Crippen LogP contribution in [0.5, 0.6) is 0 Å². The Balaban J connectivity index is 1.86. The molecule has 1 saturated heterocycles. The van der Waals surface area contributed by atoms with Gasteiger partial charge in [-0.15, -0.1) is 0 Å². The quantitative estimate of drug-likeness (QED) is 0.904. The fraction of sp³-hybridized carbons (Fsp3) is 0.625. The second-order valence-electron chi connectivity index (χ2n) is 5.94. The molecule has 0 bridgehead atoms. The van der Waals surface area contributed by atoms with E-state index < -0.39 is 0 Å². The van der Waals surface area contributed by atoms with Crippen LogP contribution >= 0.6 is 11.6 Å². The second kappa shape index (κ2) is 7.54. The monoisotopic (exact) mass is 314 g/mol. The molecule has 1 aromatic rings. The lowest BCUT2D eigenvalue weighted by Gasteiger charge is -2.40. The minimum Gasteiger partial charge on any atom is -0.392 e. The average Bonchev–Trinajstić information content (AvgIpc) is 2.41. The van der Waals surface area contributed by atoms with Crippen molar-refractivity contribution in [1.29, 1.82) is 0 Å². The zero-order valence-electron chi connectivity index (χ0n) is 12.7. The van der Waals surface area contributed by atoms with Gasteiger partial charge in [-0.3, -0.25) is 4.90 Å². The summed E-state index contributed by atoms with van der Waals surface area (Å²) in [5.74, 6) is -0.219. The van der Waals surface area contributed by atoms with Crippen LogP contribution in [-0.2, 0) is 6.42 Å². The summed E-state index contributed by atoms with van der Waals surface area (Å²) in [7, 11) is 0. The molecule has 2 unspecified atom stereocenters. The van der Waals surface area contributed by atoms with Gasteiger partial charge in [-0.2, -0.15) is 0 Å². The molecule has 1 aromatic carbocycles. The van der Waals surface area contributed by atoms with Crippen molar-refractivity contribution < 1.29 is 9.50 Å². The lowest BCUT2D eigenvalue weighted by molar-refractivity contribution is 0.0456. The molecule has 0 amide bonds. The number of benzene rings is 1. The number of piperazine rings is 1. The number of β-amino-alcohol motifs (C(OH)–C–C–N with tert-alkyl or cyclic N) is 1. The van der Waals surface area contributed by atoms with Gasteiger partial charge in [0.25, 0.3) is 0 Å². The smallest absolute Gasteiger partial charge is 0.127 e. The standard InChI is InChI=1S/C16H24ClFN2O/c1-12-10-19(8-9-20(12)11-13(2)21)7-6-14-15(17)4-3-5-16(14)18/h3-5,12-13,21H,6-11H2,1-2H3. The Morgan fingerprint density at radius 1 is 1.43 bits per heavy atom. The van der Waals surface area contributed by atoms with Gasteiger partial charge >= 0.3 is 0 Å². The van der Waals surface area contributed by atoms with E-state index in [1.165, 1.54) is 6.07 Å². The maximum Gasteiger partial charge on any atom is 0.127 e. The van der Waals surface area contributed by atoms with Gasteiger partial charge in [0.2, 0.25) is 0 Å². The molecule has 1 aliphatic rings. The lowest BCUT2D eigenvalue weighted by atomic mass is 10.1. The predicted octanol–water partition coefficient (Wildman–Crippen LogP) is 2.41. The molecule has 3 nitrogen and oxygen atoms in total. The molecule has 2 atom stereocenters. The van der Waals surface area contributed by atoms with Crippen molar-refractivity contribution in [3.05, 3.63) is 34.6 Å². The zero-order chi connectivity index (χ0) is 15.4. The molecule has 2 rings (SSSR count). The third-order valence-corrected chi connectivity index (χ3v) is 4.44. The minimum atomic E-state index is -0.295. The van der Waals surface area contributed by atoms with Crippen LogP contribution in [0.3, 0.4) is 0 Å². The van der Waals surface area contributed by atoms with E-state index in [-0.39, 0.29) is 11.9 Å². The van der Waals surface area contributed by atoms with Gasteiger partial charge in [-0.1, -0.05) is 17.7 Å². The Morgan fingerprint density at radius 3 is 2.81 bits per heavy atom. The van der Waals surface area contributed by atoms with Crippen LogP contribution in [0.15, 0.2) is 18.2 Å². The molecular formula is C16H24ClFN2O. The SMILES string of the molecule is CC(O)CN1CCN(CCc2c(F)cccc2Cl)CC1C. The molecule has 1 heterocycles. The maximum atomic E-state index is 13.7. The summed E-state index contributed by atoms with van der Waals surface area (Å²) < 4.78 is 13.7. The van der Waals surface area contributed by atoms with Crippen LogP contribution in [0.4, 0.5) is 4.39 Å². The van der Waals surface area contributed by atoms with Crippen molar-refractivity contribution in [2.45, 2.75) is 32.4 Å². The van der Waals surface area contributed by atoms with E-state index in [2.05, 4.69) is 16.7 Å². The van der Waals surface area contributed by atoms with Gasteiger partial charge in [0.1, 0.15) is 5.82 Å². The summed E-state index contributed by atoms with van der Waals surface area (Å²) >= 11 is 6.06. The molecule has 1 aliphatic heterocycles. The molecule has 1 fully saturated rings. The molecule has 0 spiro atoms. The van der Waals surface area contributed by atoms with Crippen LogP contribution in [0.2, 0.25) is 5.02 Å². The topological polar surface area (TPSA) is 26.7 Å². The summed E-state index contributed by atoms with van der Waals surface area (Å²) in [6, 6.07) is 5.25. The van der Waals surface area contributed by atoms with Gasteiger partial charge in [-0.05, 0) is 32.4 Å². The highest BCUT2D eigenvalue weighted by molar-refractivity contribution is 6.31. The summed E-state index contributed by atoms with van der Waals surface area (Å²) in [5.41, 5.74) is 0.609. The Kier molecular flexibility index (Phi) is 5.99. The first-order valence-corrected chi connectivity index (χ1v) is 7.92. The van der Waals surface area contributed by atoms with Crippen LogP contribution in [0.1, 0.15) is 19.4 Å². The number of nitrogens with zero attached hydrogens (tertiary/aromatic N) is 2. The number of rotatable bonds is 5. The number of hydrogen-bond donors (Lipinski definition) is 1. The third kappa shape index (κ3) is 4.65. The molecule has 0 aromatic heterocycles. The zero-order valence-corrected chi connectivity index (χ0v) is 13.5. The molecule has 118 valence electrons. The molecular weight excluding hydrogens is 291 g/mol. The van der Waals surface area contributed by atoms with E-state index in [0.29, 0.717) is 29.6 Å². The van der Waals surface area contributed by atoms with Crippen LogP contribution in [-0.4, -0.2) is 59.8 Å². The second-order valence-corrected chi connectivity index (χ2v) is 6.35. The highest BCUT2D eigenvalue weighted by atomic mass is 35.5. The Bertz CT molecular complexity index is 449. The highest BCUT2D eigenvalue weighted by Crippen LogP contribution is 2.20. The van der Waals surface area contributed by atoms with E-state index in [1.54, 1.807) is 12.1 Å². The first-order chi connectivity index (χ1) is 9.97. The lowest BCUT2D eigenvalue weighted by Crippen LogP contribution is -2.53. The van der Waals surface area contributed by atoms with E-state index in [0.717, 1.165) is 26.2 Å². The molecule has 5 heteroatoms. The van der Waals surface area contributed by atoms with E-state index in [9.17, 15) is 9.50 Å². The third-order valence-electron chi connectivity index (χ3n) is 4.09. The number of hydrogen-bond acceptors (Lipinski definition) is 3. The van der Waals surface area contributed by atoms with Crippen LogP contribution in [0.25, 0.3) is 0 Å². The Labute approximate surface area is 131 Å². The first kappa shape index (κ1) is 16.7.